The van der Waals surface area contributed by atoms with Crippen molar-refractivity contribution in [2.45, 2.75) is 0 Å². The van der Waals surface area contributed by atoms with Crippen molar-refractivity contribution in [2.24, 2.45) is 0 Å². The van der Waals surface area contributed by atoms with E-state index in [1.807, 2.05) is 0 Å². The Bertz CT molecular complexity index is 668. The van der Waals surface area contributed by atoms with Crippen molar-refractivity contribution in [3.8, 4) is 5.75 Å². The zero-order valence-electron chi connectivity index (χ0n) is 11.3. The topological polar surface area (TPSA) is 38.3 Å². The minimum atomic E-state index is -0.489. The van der Waals surface area contributed by atoms with Gasteiger partial charge in [0.1, 0.15) is 11.6 Å². The van der Waals surface area contributed by atoms with Crippen LogP contribution < -0.4 is 10.1 Å². The van der Waals surface area contributed by atoms with Crippen molar-refractivity contribution >= 4 is 29.3 Å². The van der Waals surface area contributed by atoms with Gasteiger partial charge in [-0.2, -0.15) is 0 Å². The molecule has 2 aromatic rings. The summed E-state index contributed by atoms with van der Waals surface area (Å²) in [5.41, 5.74) is 1.30. The highest BCUT2D eigenvalue weighted by Crippen LogP contribution is 2.17. The van der Waals surface area contributed by atoms with Gasteiger partial charge < -0.3 is 10.1 Å². The van der Waals surface area contributed by atoms with E-state index in [4.69, 9.17) is 16.3 Å². The van der Waals surface area contributed by atoms with Crippen LogP contribution in [0.5, 0.6) is 5.75 Å². The van der Waals surface area contributed by atoms with E-state index in [2.05, 4.69) is 5.32 Å². The van der Waals surface area contributed by atoms with Crippen LogP contribution in [-0.4, -0.2) is 13.0 Å². The van der Waals surface area contributed by atoms with Gasteiger partial charge in [0.2, 0.25) is 5.91 Å². The normalized spacial score (nSPS) is 10.6. The Hall–Kier alpha value is -2.33. The van der Waals surface area contributed by atoms with Crippen molar-refractivity contribution in [2.75, 3.05) is 12.4 Å². The Morgan fingerprint density at radius 1 is 1.24 bits per heavy atom. The molecule has 0 aliphatic carbocycles. The average Bonchev–Trinajstić information content (AvgIpc) is 2.49. The summed E-state index contributed by atoms with van der Waals surface area (Å²) in [7, 11) is 1.57. The van der Waals surface area contributed by atoms with Crippen LogP contribution in [-0.2, 0) is 4.79 Å². The van der Waals surface area contributed by atoms with Gasteiger partial charge >= 0.3 is 0 Å². The van der Waals surface area contributed by atoms with Crippen molar-refractivity contribution in [3.05, 3.63) is 64.9 Å². The SMILES string of the molecule is COc1ccc(NC(=O)/C=C/c2ccc(F)c(Cl)c2)cc1. The quantitative estimate of drug-likeness (QED) is 0.862. The zero-order valence-corrected chi connectivity index (χ0v) is 12.0. The molecule has 108 valence electrons. The van der Waals surface area contributed by atoms with E-state index in [0.717, 1.165) is 0 Å². The summed E-state index contributed by atoms with van der Waals surface area (Å²) >= 11 is 5.67. The molecule has 2 rings (SSSR count). The molecule has 0 spiro atoms. The molecule has 21 heavy (non-hydrogen) atoms. The molecule has 2 aromatic carbocycles. The highest BCUT2D eigenvalue weighted by Gasteiger charge is 2.01. The number of hydrogen-bond acceptors (Lipinski definition) is 2. The molecule has 0 aromatic heterocycles. The van der Waals surface area contributed by atoms with E-state index in [-0.39, 0.29) is 10.9 Å². The molecule has 0 bridgehead atoms. The molecule has 0 aliphatic heterocycles. The number of carbonyl (C=O) groups excluding carboxylic acids is 1. The Balaban J connectivity index is 1.99. The fourth-order valence-corrected chi connectivity index (χ4v) is 1.84. The second kappa shape index (κ2) is 6.90. The summed E-state index contributed by atoms with van der Waals surface area (Å²) in [6.07, 6.45) is 2.91. The molecule has 1 N–H and O–H groups in total. The fourth-order valence-electron chi connectivity index (χ4n) is 1.65. The lowest BCUT2D eigenvalue weighted by Gasteiger charge is -2.03. The third-order valence-corrected chi connectivity index (χ3v) is 3.02. The van der Waals surface area contributed by atoms with E-state index >= 15 is 0 Å². The van der Waals surface area contributed by atoms with Gasteiger partial charge in [-0.25, -0.2) is 4.39 Å². The molecular formula is C16H13ClFNO2. The molecule has 3 nitrogen and oxygen atoms in total. The number of amides is 1. The largest absolute Gasteiger partial charge is 0.497 e. The van der Waals surface area contributed by atoms with Crippen LogP contribution >= 0.6 is 11.6 Å². The molecule has 0 atom stereocenters. The number of rotatable bonds is 4. The van der Waals surface area contributed by atoms with E-state index in [9.17, 15) is 9.18 Å². The third kappa shape index (κ3) is 4.33. The molecule has 0 aliphatic rings. The molecule has 0 fully saturated rings. The van der Waals surface area contributed by atoms with Gasteiger partial charge in [-0.15, -0.1) is 0 Å². The van der Waals surface area contributed by atoms with Gasteiger partial charge in [-0.05, 0) is 48.0 Å². The van der Waals surface area contributed by atoms with Gasteiger partial charge in [0.05, 0.1) is 12.1 Å². The summed E-state index contributed by atoms with van der Waals surface area (Å²) in [5.74, 6) is -0.0680. The maximum atomic E-state index is 13.0. The number of halogens is 2. The zero-order chi connectivity index (χ0) is 15.2. The van der Waals surface area contributed by atoms with Crippen LogP contribution in [0.3, 0.4) is 0 Å². The molecule has 0 radical (unpaired) electrons. The average molecular weight is 306 g/mol. The maximum Gasteiger partial charge on any atom is 0.248 e. The molecule has 0 saturated carbocycles. The van der Waals surface area contributed by atoms with E-state index < -0.39 is 5.82 Å². The summed E-state index contributed by atoms with van der Waals surface area (Å²) in [5, 5.41) is 2.72. The highest BCUT2D eigenvalue weighted by atomic mass is 35.5. The lowest BCUT2D eigenvalue weighted by Crippen LogP contribution is -2.07. The van der Waals surface area contributed by atoms with Crippen LogP contribution in [0.25, 0.3) is 6.08 Å². The van der Waals surface area contributed by atoms with Gasteiger partial charge in [0, 0.05) is 11.8 Å². The Morgan fingerprint density at radius 2 is 1.95 bits per heavy atom. The minimum Gasteiger partial charge on any atom is -0.497 e. The summed E-state index contributed by atoms with van der Waals surface area (Å²) in [6, 6.07) is 11.2. The molecule has 5 heteroatoms. The van der Waals surface area contributed by atoms with Gasteiger partial charge in [0.25, 0.3) is 0 Å². The number of hydrogen-bond donors (Lipinski definition) is 1. The molecule has 1 amide bonds. The molecule has 0 heterocycles. The van der Waals surface area contributed by atoms with E-state index in [1.165, 1.54) is 18.2 Å². The van der Waals surface area contributed by atoms with E-state index in [1.54, 1.807) is 43.5 Å². The van der Waals surface area contributed by atoms with Gasteiger partial charge in [-0.1, -0.05) is 17.7 Å². The second-order valence-corrected chi connectivity index (χ2v) is 4.63. The van der Waals surface area contributed by atoms with Gasteiger partial charge in [-0.3, -0.25) is 4.79 Å². The number of methoxy groups -OCH3 is 1. The predicted octanol–water partition coefficient (Wildman–Crippen LogP) is 4.14. The fraction of sp³-hybridized carbons (Fsp3) is 0.0625. The van der Waals surface area contributed by atoms with Crippen LogP contribution in [0.2, 0.25) is 5.02 Å². The standard InChI is InChI=1S/C16H13ClFNO2/c1-21-13-6-4-12(5-7-13)19-16(20)9-3-11-2-8-15(18)14(17)10-11/h2-10H,1H3,(H,19,20)/b9-3+. The Morgan fingerprint density at radius 3 is 2.57 bits per heavy atom. The first-order chi connectivity index (χ1) is 10.1. The summed E-state index contributed by atoms with van der Waals surface area (Å²) in [6.45, 7) is 0. The lowest BCUT2D eigenvalue weighted by molar-refractivity contribution is -0.111. The van der Waals surface area contributed by atoms with Gasteiger partial charge in [0.15, 0.2) is 0 Å². The number of nitrogens with one attached hydrogen (secondary N) is 1. The second-order valence-electron chi connectivity index (χ2n) is 4.22. The van der Waals surface area contributed by atoms with Crippen molar-refractivity contribution in [3.63, 3.8) is 0 Å². The monoisotopic (exact) mass is 305 g/mol. The van der Waals surface area contributed by atoms with Crippen LogP contribution in [0.4, 0.5) is 10.1 Å². The van der Waals surface area contributed by atoms with Crippen LogP contribution in [0, 0.1) is 5.82 Å². The smallest absolute Gasteiger partial charge is 0.248 e. The first-order valence-corrected chi connectivity index (χ1v) is 6.54. The number of ether oxygens (including phenoxy) is 1. The Kier molecular flexibility index (Phi) is 4.95. The number of benzene rings is 2. The summed E-state index contributed by atoms with van der Waals surface area (Å²) < 4.78 is 18.0. The number of carbonyl (C=O) groups is 1. The van der Waals surface area contributed by atoms with E-state index in [0.29, 0.717) is 17.0 Å². The van der Waals surface area contributed by atoms with Crippen molar-refractivity contribution in [1.82, 2.24) is 0 Å². The summed E-state index contributed by atoms with van der Waals surface area (Å²) in [4.78, 5) is 11.8. The Labute approximate surface area is 127 Å². The molecular weight excluding hydrogens is 293 g/mol. The minimum absolute atomic E-state index is 0.0210. The van der Waals surface area contributed by atoms with Crippen LogP contribution in [0.15, 0.2) is 48.5 Å². The predicted molar refractivity (Wildman–Crippen MR) is 82.1 cm³/mol. The first kappa shape index (κ1) is 15.1. The molecule has 0 saturated heterocycles. The van der Waals surface area contributed by atoms with Crippen LogP contribution in [0.1, 0.15) is 5.56 Å². The highest BCUT2D eigenvalue weighted by molar-refractivity contribution is 6.30. The van der Waals surface area contributed by atoms with Crippen molar-refractivity contribution in [1.29, 1.82) is 0 Å². The first-order valence-electron chi connectivity index (χ1n) is 6.16. The lowest BCUT2D eigenvalue weighted by atomic mass is 10.2. The third-order valence-electron chi connectivity index (χ3n) is 2.73. The van der Waals surface area contributed by atoms with Crippen molar-refractivity contribution < 1.29 is 13.9 Å². The maximum absolute atomic E-state index is 13.0. The number of anilines is 1. The molecule has 0 unspecified atom stereocenters.